The molecule has 0 saturated carbocycles. The van der Waals surface area contributed by atoms with Gasteiger partial charge in [-0.2, -0.15) is 0 Å². The van der Waals surface area contributed by atoms with Gasteiger partial charge in [0.05, 0.1) is 6.42 Å². The van der Waals surface area contributed by atoms with Crippen LogP contribution in [0.4, 0.5) is 0 Å². The molecule has 2 heteroatoms. The molecule has 1 heterocycles. The second kappa shape index (κ2) is 13.8. The highest BCUT2D eigenvalue weighted by atomic mass is 15.0. The number of nitrogens with zero attached hydrogens (tertiary/aromatic N) is 2. The van der Waals surface area contributed by atoms with E-state index in [1.807, 2.05) is 12.4 Å². The quantitative estimate of drug-likeness (QED) is 0.236. The Morgan fingerprint density at radius 3 is 1.68 bits per heavy atom. The van der Waals surface area contributed by atoms with Crippen LogP contribution in [0.1, 0.15) is 104 Å². The molecule has 2 nitrogen and oxygen atoms in total. The molecule has 0 radical (unpaired) electrons. The van der Waals surface area contributed by atoms with Crippen LogP contribution in [0.2, 0.25) is 0 Å². The molecule has 1 atom stereocenters. The van der Waals surface area contributed by atoms with Gasteiger partial charge in [-0.1, -0.05) is 94.5 Å². The van der Waals surface area contributed by atoms with Crippen molar-refractivity contribution in [1.82, 2.24) is 0 Å². The van der Waals surface area contributed by atoms with E-state index in [0.717, 1.165) is 18.5 Å². The van der Waals surface area contributed by atoms with E-state index in [1.165, 1.54) is 83.5 Å². The lowest BCUT2D eigenvalue weighted by molar-refractivity contribution is 0.386. The third-order valence-electron chi connectivity index (χ3n) is 4.67. The molecule has 1 aliphatic heterocycles. The second-order valence-corrected chi connectivity index (χ2v) is 6.80. The largest absolute Gasteiger partial charge is 0.240 e. The number of hydrogen-bond donors (Lipinski definition) is 0. The lowest BCUT2D eigenvalue weighted by Gasteiger charge is -2.15. The molecule has 0 N–H and O–H groups in total. The van der Waals surface area contributed by atoms with Crippen molar-refractivity contribution >= 4 is 12.4 Å². The topological polar surface area (TPSA) is 24.7 Å². The summed E-state index contributed by atoms with van der Waals surface area (Å²) >= 11 is 0. The van der Waals surface area contributed by atoms with Crippen molar-refractivity contribution in [2.45, 2.75) is 104 Å². The number of aliphatic imine (C=N–C) groups is 2. The van der Waals surface area contributed by atoms with E-state index in [0.29, 0.717) is 0 Å². The zero-order valence-electron chi connectivity index (χ0n) is 15.0. The van der Waals surface area contributed by atoms with Gasteiger partial charge in [0, 0.05) is 0 Å². The van der Waals surface area contributed by atoms with E-state index >= 15 is 0 Å². The first kappa shape index (κ1) is 19.3. The van der Waals surface area contributed by atoms with Crippen LogP contribution in [0.15, 0.2) is 9.98 Å². The van der Waals surface area contributed by atoms with Gasteiger partial charge in [0.2, 0.25) is 6.17 Å². The Balaban J connectivity index is 2.13. The minimum absolute atomic E-state index is 0.801. The normalized spacial score (nSPS) is 14.9. The number of unbranched alkanes of at least 4 members (excludes halogenated alkanes) is 9. The Hall–Kier alpha value is -0.790. The maximum Gasteiger partial charge on any atom is 0.240 e. The monoisotopic (exact) mass is 305 g/mol. The molecule has 0 aromatic heterocycles. The minimum Gasteiger partial charge on any atom is -0.0968 e. The SMILES string of the molecule is CCCCCCCCCC(CCCCCC)C[C+]1N=CC=N1. The van der Waals surface area contributed by atoms with Crippen molar-refractivity contribution in [1.29, 1.82) is 0 Å². The molecule has 0 aromatic carbocycles. The fourth-order valence-electron chi connectivity index (χ4n) is 3.23. The smallest absolute Gasteiger partial charge is 0.0968 e. The Labute approximate surface area is 138 Å². The Kier molecular flexibility index (Phi) is 12.1. The predicted octanol–water partition coefficient (Wildman–Crippen LogP) is 6.75. The zero-order valence-corrected chi connectivity index (χ0v) is 15.0. The van der Waals surface area contributed by atoms with Crippen molar-refractivity contribution in [3.05, 3.63) is 6.17 Å². The van der Waals surface area contributed by atoms with Gasteiger partial charge in [0.15, 0.2) is 12.4 Å². The molecule has 1 aliphatic rings. The van der Waals surface area contributed by atoms with Crippen molar-refractivity contribution in [2.75, 3.05) is 0 Å². The van der Waals surface area contributed by atoms with E-state index < -0.39 is 0 Å². The van der Waals surface area contributed by atoms with Crippen LogP contribution >= 0.6 is 0 Å². The maximum atomic E-state index is 4.37. The van der Waals surface area contributed by atoms with E-state index in [-0.39, 0.29) is 0 Å². The van der Waals surface area contributed by atoms with Crippen molar-refractivity contribution in [3.8, 4) is 0 Å². The summed E-state index contributed by atoms with van der Waals surface area (Å²) in [4.78, 5) is 8.73. The molecule has 0 bridgehead atoms. The van der Waals surface area contributed by atoms with Crippen LogP contribution in [-0.2, 0) is 0 Å². The summed E-state index contributed by atoms with van der Waals surface area (Å²) < 4.78 is 0. The molecule has 22 heavy (non-hydrogen) atoms. The van der Waals surface area contributed by atoms with E-state index in [1.54, 1.807) is 0 Å². The molecule has 0 saturated heterocycles. The van der Waals surface area contributed by atoms with E-state index in [2.05, 4.69) is 23.8 Å². The van der Waals surface area contributed by atoms with Crippen molar-refractivity contribution < 1.29 is 0 Å². The Morgan fingerprint density at radius 2 is 1.14 bits per heavy atom. The van der Waals surface area contributed by atoms with Gasteiger partial charge in [0.25, 0.3) is 0 Å². The summed E-state index contributed by atoms with van der Waals surface area (Å²) in [7, 11) is 0. The summed E-state index contributed by atoms with van der Waals surface area (Å²) in [6.07, 6.45) is 23.9. The highest BCUT2D eigenvalue weighted by molar-refractivity contribution is 6.18. The predicted molar refractivity (Wildman–Crippen MR) is 99.7 cm³/mol. The zero-order chi connectivity index (χ0) is 15.9. The van der Waals surface area contributed by atoms with Crippen LogP contribution in [0.3, 0.4) is 0 Å². The van der Waals surface area contributed by atoms with E-state index in [9.17, 15) is 0 Å². The average Bonchev–Trinajstić information content (AvgIpc) is 3.03. The lowest BCUT2D eigenvalue weighted by atomic mass is 9.90. The van der Waals surface area contributed by atoms with Gasteiger partial charge in [-0.25, -0.2) is 0 Å². The van der Waals surface area contributed by atoms with Crippen LogP contribution in [-0.4, -0.2) is 12.4 Å². The molecule has 0 amide bonds. The van der Waals surface area contributed by atoms with Crippen LogP contribution in [0, 0.1) is 12.1 Å². The fourth-order valence-corrected chi connectivity index (χ4v) is 3.23. The molecule has 126 valence electrons. The second-order valence-electron chi connectivity index (χ2n) is 6.80. The molecule has 1 unspecified atom stereocenters. The summed E-state index contributed by atoms with van der Waals surface area (Å²) in [5.74, 6) is 0.801. The molecule has 0 aromatic rings. The molecule has 1 rings (SSSR count). The molecular weight excluding hydrogens is 268 g/mol. The first-order chi connectivity index (χ1) is 10.9. The van der Waals surface area contributed by atoms with Crippen LogP contribution < -0.4 is 0 Å². The van der Waals surface area contributed by atoms with Gasteiger partial charge >= 0.3 is 0 Å². The Bertz CT molecular complexity index is 284. The van der Waals surface area contributed by atoms with Gasteiger partial charge < -0.3 is 0 Å². The maximum absolute atomic E-state index is 4.37. The summed E-state index contributed by atoms with van der Waals surface area (Å²) in [6, 6.07) is 0. The van der Waals surface area contributed by atoms with Gasteiger partial charge in [-0.3, -0.25) is 0 Å². The van der Waals surface area contributed by atoms with Crippen molar-refractivity contribution in [3.63, 3.8) is 0 Å². The standard InChI is InChI=1S/C20H37N2/c1-3-5-7-9-10-11-13-15-19(14-12-8-6-4-2)18-20-21-16-17-22-20/h16-17,19H,3-15,18H2,1-2H3/q+1. The van der Waals surface area contributed by atoms with Crippen molar-refractivity contribution in [2.24, 2.45) is 15.9 Å². The molecular formula is C20H37N2+. The van der Waals surface area contributed by atoms with Gasteiger partial charge in [-0.15, -0.1) is 0 Å². The third-order valence-corrected chi connectivity index (χ3v) is 4.67. The lowest BCUT2D eigenvalue weighted by Crippen LogP contribution is -2.05. The summed E-state index contributed by atoms with van der Waals surface area (Å²) in [6.45, 7) is 4.57. The number of rotatable bonds is 15. The molecule has 0 fully saturated rings. The van der Waals surface area contributed by atoms with Gasteiger partial charge in [0.1, 0.15) is 0 Å². The fraction of sp³-hybridized carbons (Fsp3) is 0.850. The Morgan fingerprint density at radius 1 is 0.682 bits per heavy atom. The van der Waals surface area contributed by atoms with Crippen LogP contribution in [0.25, 0.3) is 0 Å². The summed E-state index contributed by atoms with van der Waals surface area (Å²) in [5, 5.41) is 0. The van der Waals surface area contributed by atoms with Gasteiger partial charge in [-0.05, 0) is 18.8 Å². The first-order valence-corrected chi connectivity index (χ1v) is 9.79. The molecule has 0 spiro atoms. The highest BCUT2D eigenvalue weighted by Gasteiger charge is 2.21. The number of hydrogen-bond acceptors (Lipinski definition) is 2. The van der Waals surface area contributed by atoms with E-state index in [4.69, 9.17) is 0 Å². The third kappa shape index (κ3) is 10.0. The van der Waals surface area contributed by atoms with Crippen LogP contribution in [0.5, 0.6) is 0 Å². The minimum atomic E-state index is 0.801. The first-order valence-electron chi connectivity index (χ1n) is 9.79. The summed E-state index contributed by atoms with van der Waals surface area (Å²) in [5.41, 5.74) is 0. The average molecular weight is 306 g/mol. The highest BCUT2D eigenvalue weighted by Crippen LogP contribution is 2.28. The molecule has 0 aliphatic carbocycles.